The molecule has 9 nitrogen and oxygen atoms in total. The summed E-state index contributed by atoms with van der Waals surface area (Å²) in [5, 5.41) is 12.5. The van der Waals surface area contributed by atoms with Gasteiger partial charge >= 0.3 is 0 Å². The van der Waals surface area contributed by atoms with Crippen molar-refractivity contribution in [3.8, 4) is 11.5 Å². The van der Waals surface area contributed by atoms with Crippen LogP contribution >= 0.6 is 11.8 Å². The summed E-state index contributed by atoms with van der Waals surface area (Å²) >= 11 is 1.40. The number of carbonyl (C=O) groups excluding carboxylic acids is 1. The van der Waals surface area contributed by atoms with E-state index in [1.165, 1.54) is 11.8 Å². The number of aromatic nitrogens is 3. The third-order valence-corrected chi connectivity index (χ3v) is 5.87. The summed E-state index contributed by atoms with van der Waals surface area (Å²) in [7, 11) is 0. The summed E-state index contributed by atoms with van der Waals surface area (Å²) in [6.45, 7) is 9.34. The Labute approximate surface area is 186 Å². The predicted molar refractivity (Wildman–Crippen MR) is 119 cm³/mol. The molecule has 1 aromatic carbocycles. The van der Waals surface area contributed by atoms with Crippen LogP contribution in [0, 0.1) is 5.92 Å². The molecule has 0 atom stereocenters. The standard InChI is InChI=1S/C21H29N5O4S/c1-15(2)13-26-20(25-6-10-28-11-7-25)23-24-21(26)31-14-19(27)22-16-4-5-17-18(12-16)30-9-3-8-29-17/h4-5,12,15H,3,6-11,13-14H2,1-2H3,(H,22,27). The molecule has 2 aliphatic rings. The summed E-state index contributed by atoms with van der Waals surface area (Å²) < 4.78 is 18.9. The number of morpholine rings is 1. The van der Waals surface area contributed by atoms with Gasteiger partial charge in [0.15, 0.2) is 16.7 Å². The number of rotatable bonds is 7. The minimum absolute atomic E-state index is 0.105. The highest BCUT2D eigenvalue weighted by molar-refractivity contribution is 7.99. The number of carbonyl (C=O) groups is 1. The first-order chi connectivity index (χ1) is 15.1. The van der Waals surface area contributed by atoms with Crippen molar-refractivity contribution >= 4 is 29.3 Å². The number of fused-ring (bicyclic) bond motifs is 1. The molecular formula is C21H29N5O4S. The van der Waals surface area contributed by atoms with Gasteiger partial charge in [-0.1, -0.05) is 25.6 Å². The van der Waals surface area contributed by atoms with Crippen LogP contribution in [0.2, 0.25) is 0 Å². The Morgan fingerprint density at radius 1 is 1.13 bits per heavy atom. The maximum atomic E-state index is 12.6. The molecule has 0 saturated carbocycles. The smallest absolute Gasteiger partial charge is 0.234 e. The molecule has 31 heavy (non-hydrogen) atoms. The summed E-state index contributed by atoms with van der Waals surface area (Å²) in [6, 6.07) is 5.46. The van der Waals surface area contributed by atoms with Crippen molar-refractivity contribution in [2.45, 2.75) is 32.0 Å². The lowest BCUT2D eigenvalue weighted by molar-refractivity contribution is -0.113. The minimum atomic E-state index is -0.105. The average Bonchev–Trinajstić information content (AvgIpc) is 2.99. The van der Waals surface area contributed by atoms with Gasteiger partial charge in [0, 0.05) is 37.8 Å². The van der Waals surface area contributed by atoms with Crippen molar-refractivity contribution in [2.75, 3.05) is 55.5 Å². The number of anilines is 2. The van der Waals surface area contributed by atoms with E-state index in [1.54, 1.807) is 6.07 Å². The lowest BCUT2D eigenvalue weighted by atomic mass is 10.2. The normalized spacial score (nSPS) is 16.3. The van der Waals surface area contributed by atoms with Gasteiger partial charge in [-0.15, -0.1) is 10.2 Å². The fraction of sp³-hybridized carbons (Fsp3) is 0.571. The van der Waals surface area contributed by atoms with E-state index in [0.717, 1.165) is 37.2 Å². The van der Waals surface area contributed by atoms with Gasteiger partial charge in [0.05, 0.1) is 32.2 Å². The average molecular weight is 448 g/mol. The van der Waals surface area contributed by atoms with Crippen LogP contribution in [0.4, 0.5) is 11.6 Å². The molecular weight excluding hydrogens is 418 g/mol. The van der Waals surface area contributed by atoms with Crippen LogP contribution in [0.15, 0.2) is 23.4 Å². The molecule has 1 saturated heterocycles. The van der Waals surface area contributed by atoms with Gasteiger partial charge in [0.2, 0.25) is 11.9 Å². The maximum Gasteiger partial charge on any atom is 0.234 e. The monoisotopic (exact) mass is 447 g/mol. The number of amides is 1. The Morgan fingerprint density at radius 3 is 2.68 bits per heavy atom. The van der Waals surface area contributed by atoms with Crippen molar-refractivity contribution in [3.05, 3.63) is 18.2 Å². The number of benzene rings is 1. The topological polar surface area (TPSA) is 90.7 Å². The summed E-state index contributed by atoms with van der Waals surface area (Å²) in [4.78, 5) is 14.8. The van der Waals surface area contributed by atoms with E-state index in [4.69, 9.17) is 14.2 Å². The van der Waals surface area contributed by atoms with E-state index in [9.17, 15) is 4.79 Å². The Bertz CT molecular complexity index is 898. The van der Waals surface area contributed by atoms with Crippen LogP contribution in [0.3, 0.4) is 0 Å². The van der Waals surface area contributed by atoms with Crippen LogP contribution in [0.1, 0.15) is 20.3 Å². The minimum Gasteiger partial charge on any atom is -0.490 e. The van der Waals surface area contributed by atoms with E-state index in [1.807, 2.05) is 12.1 Å². The van der Waals surface area contributed by atoms with E-state index < -0.39 is 0 Å². The molecule has 1 N–H and O–H groups in total. The van der Waals surface area contributed by atoms with Crippen molar-refractivity contribution in [3.63, 3.8) is 0 Å². The van der Waals surface area contributed by atoms with Crippen LogP contribution in [0.25, 0.3) is 0 Å². The van der Waals surface area contributed by atoms with Crippen molar-refractivity contribution in [1.82, 2.24) is 14.8 Å². The van der Waals surface area contributed by atoms with E-state index in [2.05, 4.69) is 38.8 Å². The first-order valence-corrected chi connectivity index (χ1v) is 11.7. The van der Waals surface area contributed by atoms with Crippen molar-refractivity contribution in [1.29, 1.82) is 0 Å². The first-order valence-electron chi connectivity index (χ1n) is 10.7. The molecule has 3 heterocycles. The Kier molecular flexibility index (Phi) is 7.18. The van der Waals surface area contributed by atoms with Gasteiger partial charge in [-0.25, -0.2) is 0 Å². The molecule has 2 aromatic rings. The quantitative estimate of drug-likeness (QED) is 0.648. The van der Waals surface area contributed by atoms with Gasteiger partial charge in [-0.05, 0) is 18.1 Å². The molecule has 10 heteroatoms. The van der Waals surface area contributed by atoms with E-state index in [0.29, 0.717) is 49.5 Å². The molecule has 0 aliphatic carbocycles. The zero-order valence-electron chi connectivity index (χ0n) is 18.0. The number of hydrogen-bond donors (Lipinski definition) is 1. The van der Waals surface area contributed by atoms with E-state index >= 15 is 0 Å². The number of hydrogen-bond acceptors (Lipinski definition) is 8. The molecule has 2 aliphatic heterocycles. The third-order valence-electron chi connectivity index (χ3n) is 4.90. The third kappa shape index (κ3) is 5.62. The molecule has 0 bridgehead atoms. The fourth-order valence-electron chi connectivity index (χ4n) is 3.48. The number of ether oxygens (including phenoxy) is 3. The molecule has 0 spiro atoms. The molecule has 4 rings (SSSR count). The molecule has 1 aromatic heterocycles. The molecule has 1 fully saturated rings. The molecule has 168 valence electrons. The van der Waals surface area contributed by atoms with Gasteiger partial charge in [-0.3, -0.25) is 9.36 Å². The van der Waals surface area contributed by atoms with Crippen molar-refractivity contribution in [2.24, 2.45) is 5.92 Å². The Hall–Kier alpha value is -2.46. The largest absolute Gasteiger partial charge is 0.490 e. The number of nitrogens with one attached hydrogen (secondary N) is 1. The Balaban J connectivity index is 1.39. The van der Waals surface area contributed by atoms with Crippen LogP contribution in [-0.4, -0.2) is 65.9 Å². The van der Waals surface area contributed by atoms with Crippen LogP contribution < -0.4 is 19.7 Å². The van der Waals surface area contributed by atoms with Crippen molar-refractivity contribution < 1.29 is 19.0 Å². The summed E-state index contributed by atoms with van der Waals surface area (Å²) in [5.41, 5.74) is 0.688. The lowest BCUT2D eigenvalue weighted by Crippen LogP contribution is -2.38. The predicted octanol–water partition coefficient (Wildman–Crippen LogP) is 2.66. The highest BCUT2D eigenvalue weighted by Crippen LogP contribution is 2.32. The second-order valence-electron chi connectivity index (χ2n) is 7.94. The zero-order chi connectivity index (χ0) is 21.6. The van der Waals surface area contributed by atoms with Gasteiger partial charge in [-0.2, -0.15) is 0 Å². The summed E-state index contributed by atoms with van der Waals surface area (Å²) in [6.07, 6.45) is 0.844. The van der Waals surface area contributed by atoms with Gasteiger partial charge in [0.1, 0.15) is 0 Å². The maximum absolute atomic E-state index is 12.6. The van der Waals surface area contributed by atoms with Crippen LogP contribution in [0.5, 0.6) is 11.5 Å². The number of thioether (sulfide) groups is 1. The lowest BCUT2D eigenvalue weighted by Gasteiger charge is -2.28. The summed E-state index contributed by atoms with van der Waals surface area (Å²) in [5.74, 6) is 2.80. The zero-order valence-corrected chi connectivity index (χ0v) is 18.8. The molecule has 0 unspecified atom stereocenters. The highest BCUT2D eigenvalue weighted by Gasteiger charge is 2.22. The Morgan fingerprint density at radius 2 is 1.90 bits per heavy atom. The van der Waals surface area contributed by atoms with Crippen LogP contribution in [-0.2, 0) is 16.1 Å². The van der Waals surface area contributed by atoms with Gasteiger partial charge < -0.3 is 24.4 Å². The second-order valence-corrected chi connectivity index (χ2v) is 8.88. The molecule has 1 amide bonds. The number of nitrogens with zero attached hydrogens (tertiary/aromatic N) is 4. The van der Waals surface area contributed by atoms with E-state index in [-0.39, 0.29) is 11.7 Å². The highest BCUT2D eigenvalue weighted by atomic mass is 32.2. The second kappa shape index (κ2) is 10.2. The fourth-order valence-corrected chi connectivity index (χ4v) is 4.22. The molecule has 0 radical (unpaired) electrons. The SMILES string of the molecule is CC(C)Cn1c(SCC(=O)Nc2ccc3c(c2)OCCCO3)nnc1N1CCOCC1. The first kappa shape index (κ1) is 21.8. The van der Waals surface area contributed by atoms with Gasteiger partial charge in [0.25, 0.3) is 0 Å².